The highest BCUT2D eigenvalue weighted by molar-refractivity contribution is 7.89. The van der Waals surface area contributed by atoms with Crippen LogP contribution in [0.4, 0.5) is 0 Å². The maximum absolute atomic E-state index is 15.3. The van der Waals surface area contributed by atoms with Gasteiger partial charge in [-0.2, -0.15) is 8.70 Å². The maximum Gasteiger partial charge on any atom is 0.261 e. The van der Waals surface area contributed by atoms with E-state index in [0.29, 0.717) is 38.8 Å². The van der Waals surface area contributed by atoms with Gasteiger partial charge in [-0.05, 0) is 101 Å². The lowest BCUT2D eigenvalue weighted by molar-refractivity contribution is 0.181. The topological polar surface area (TPSA) is 85.3 Å². The van der Waals surface area contributed by atoms with E-state index in [2.05, 4.69) is 157 Å². The lowest BCUT2D eigenvalue weighted by atomic mass is 10.1. The molecule has 5 aromatic carbocycles. The first kappa shape index (κ1) is 52.2. The maximum atomic E-state index is 15.3. The number of rotatable bonds is 21. The van der Waals surface area contributed by atoms with E-state index in [1.165, 1.54) is 10.4 Å². The molecule has 0 saturated carbocycles. The van der Waals surface area contributed by atoms with Gasteiger partial charge < -0.3 is 8.85 Å². The van der Waals surface area contributed by atoms with Crippen molar-refractivity contribution in [2.45, 2.75) is 134 Å². The molecule has 0 radical (unpaired) electrons. The summed E-state index contributed by atoms with van der Waals surface area (Å²) in [4.78, 5) is 0.244. The molecule has 0 aliphatic rings. The molecule has 0 fully saturated rings. The summed E-state index contributed by atoms with van der Waals surface area (Å²) in [7, 11) is -11.2. The molecule has 11 heteroatoms. The molecule has 2 atom stereocenters. The molecule has 5 rings (SSSR count). The molecule has 0 heterocycles. The average molecular weight is 952 g/mol. The van der Waals surface area contributed by atoms with Gasteiger partial charge in [0, 0.05) is 18.8 Å². The van der Waals surface area contributed by atoms with Crippen molar-refractivity contribution in [3.8, 4) is 0 Å². The van der Waals surface area contributed by atoms with Crippen molar-refractivity contribution in [1.82, 2.24) is 4.31 Å². The zero-order valence-corrected chi connectivity index (χ0v) is 44.4. The second-order valence-electron chi connectivity index (χ2n) is 20.6. The van der Waals surface area contributed by atoms with Crippen LogP contribution >= 0.6 is 0 Å². The lowest BCUT2D eigenvalue weighted by Crippen LogP contribution is -2.67. The Kier molecular flexibility index (Phi) is 17.9. The smallest absolute Gasteiger partial charge is 0.261 e. The van der Waals surface area contributed by atoms with Gasteiger partial charge in [0.15, 0.2) is 0 Å². The van der Waals surface area contributed by atoms with Crippen molar-refractivity contribution in [2.24, 2.45) is 10.3 Å². The van der Waals surface area contributed by atoms with E-state index >= 15 is 8.42 Å². The van der Waals surface area contributed by atoms with Gasteiger partial charge in [-0.15, -0.1) is 0 Å². The third-order valence-corrected chi connectivity index (χ3v) is 25.6. The van der Waals surface area contributed by atoms with Crippen LogP contribution in [0.5, 0.6) is 0 Å². The van der Waals surface area contributed by atoms with Crippen molar-refractivity contribution >= 4 is 64.6 Å². The Bertz CT molecular complexity index is 2300. The summed E-state index contributed by atoms with van der Waals surface area (Å²) in [5, 5.41) is 4.18. The van der Waals surface area contributed by atoms with Gasteiger partial charge in [0.2, 0.25) is 10.0 Å². The fourth-order valence-electron chi connectivity index (χ4n) is 8.75. The van der Waals surface area contributed by atoms with E-state index in [1.807, 2.05) is 57.2 Å². The monoisotopic (exact) mass is 950 g/mol. The molecule has 350 valence electrons. The molecule has 5 aromatic rings. The Labute approximate surface area is 397 Å². The van der Waals surface area contributed by atoms with Crippen molar-refractivity contribution < 1.29 is 21.5 Å². The average Bonchev–Trinajstić information content (AvgIpc) is 3.26. The van der Waals surface area contributed by atoms with Gasteiger partial charge in [0.05, 0.1) is 22.9 Å². The van der Waals surface area contributed by atoms with Crippen LogP contribution in [-0.4, -0.2) is 63.7 Å². The summed E-state index contributed by atoms with van der Waals surface area (Å²) in [6.45, 7) is 24.4. The lowest BCUT2D eigenvalue weighted by Gasteiger charge is -2.44. The number of sulfonamides is 1. The summed E-state index contributed by atoms with van der Waals surface area (Å²) in [5.41, 5.74) is 0.907. The zero-order valence-electron chi connectivity index (χ0n) is 40.8. The fraction of sp³-hybridized carbons (Fsp3) is 0.426. The summed E-state index contributed by atoms with van der Waals surface area (Å²) in [6.07, 6.45) is 4.17. The van der Waals surface area contributed by atoms with E-state index in [0.717, 1.165) is 15.9 Å². The normalized spacial score (nSPS) is 14.3. The molecule has 65 heavy (non-hydrogen) atoms. The van der Waals surface area contributed by atoms with E-state index in [-0.39, 0.29) is 27.5 Å². The van der Waals surface area contributed by atoms with Crippen molar-refractivity contribution in [1.29, 1.82) is 0 Å². The predicted molar refractivity (Wildman–Crippen MR) is 280 cm³/mol. The second kappa shape index (κ2) is 22.3. The highest BCUT2D eigenvalue weighted by atomic mass is 32.2. The molecule has 0 aromatic heterocycles. The minimum Gasteiger partial charge on any atom is -0.406 e. The van der Waals surface area contributed by atoms with Crippen molar-refractivity contribution in [2.75, 3.05) is 13.2 Å². The van der Waals surface area contributed by atoms with Crippen LogP contribution in [0.3, 0.4) is 0 Å². The van der Waals surface area contributed by atoms with Crippen LogP contribution in [-0.2, 0) is 36.5 Å². The first-order chi connectivity index (χ1) is 30.6. The van der Waals surface area contributed by atoms with Crippen LogP contribution in [0.1, 0.15) is 107 Å². The molecule has 0 bridgehead atoms. The Morgan fingerprint density at radius 2 is 1.03 bits per heavy atom. The van der Waals surface area contributed by atoms with Crippen LogP contribution < -0.4 is 20.7 Å². The van der Waals surface area contributed by atoms with Gasteiger partial charge in [0.25, 0.3) is 16.6 Å². The third kappa shape index (κ3) is 12.6. The first-order valence-electron chi connectivity index (χ1n) is 23.2. The summed E-state index contributed by atoms with van der Waals surface area (Å²) in [5.74, 6) is 0.270. The largest absolute Gasteiger partial charge is 0.406 e. The Morgan fingerprint density at radius 1 is 0.615 bits per heavy atom. The highest BCUT2D eigenvalue weighted by Crippen LogP contribution is 2.39. The van der Waals surface area contributed by atoms with E-state index in [4.69, 9.17) is 8.85 Å². The Balaban J connectivity index is 1.53. The molecule has 7 nitrogen and oxygen atoms in total. The predicted octanol–water partition coefficient (Wildman–Crippen LogP) is 10.4. The van der Waals surface area contributed by atoms with E-state index in [1.54, 1.807) is 22.7 Å². The third-order valence-electron chi connectivity index (χ3n) is 12.2. The number of nitrogens with zero attached hydrogens (tertiary/aromatic N) is 2. The van der Waals surface area contributed by atoms with Crippen LogP contribution in [0.15, 0.2) is 155 Å². The summed E-state index contributed by atoms with van der Waals surface area (Å²) in [6, 6.07) is 48.9. The molecule has 0 N–H and O–H groups in total. The molecule has 0 spiro atoms. The van der Waals surface area contributed by atoms with Crippen LogP contribution in [0.2, 0.25) is 10.1 Å². The van der Waals surface area contributed by atoms with E-state index in [9.17, 15) is 4.21 Å². The molecule has 0 aliphatic heterocycles. The number of unbranched alkanes of at least 4 members (excludes halogenated alkanes) is 1. The first-order valence-corrected chi connectivity index (χ1v) is 29.6. The van der Waals surface area contributed by atoms with E-state index < -0.39 is 48.4 Å². The number of benzene rings is 5. The molecular formula is C54H74N2O5S2Si2. The van der Waals surface area contributed by atoms with Crippen molar-refractivity contribution in [3.63, 3.8) is 0 Å². The Morgan fingerprint density at radius 3 is 1.42 bits per heavy atom. The van der Waals surface area contributed by atoms with Crippen LogP contribution in [0.25, 0.3) is 0 Å². The summed E-state index contributed by atoms with van der Waals surface area (Å²) >= 11 is 0. The molecular weight excluding hydrogens is 877 g/mol. The SMILES string of the molecule is CC(C)CCN([C@@H](CCC/C=N/[S@@](=O)C(C)(C)C)CO[Si](c1ccccc1)(c1ccccc1)C(C)(C)C)S(=O)(=O)c1ccc(CO[Si](c2ccccc2)(c2ccccc2)C(C)(C)C)cc1. The Hall–Kier alpha value is -3.82. The molecule has 0 aliphatic carbocycles. The number of hydrogen-bond acceptors (Lipinski definition) is 5. The quantitative estimate of drug-likeness (QED) is 0.0416. The number of hydrogen-bond donors (Lipinski definition) is 0. The van der Waals surface area contributed by atoms with Gasteiger partial charge in [-0.25, -0.2) is 12.6 Å². The minimum atomic E-state index is -4.02. The molecule has 0 unspecified atom stereocenters. The van der Waals surface area contributed by atoms with Gasteiger partial charge in [-0.1, -0.05) is 189 Å². The van der Waals surface area contributed by atoms with Gasteiger partial charge in [0.1, 0.15) is 11.0 Å². The summed E-state index contributed by atoms with van der Waals surface area (Å²) < 4.78 is 63.6. The van der Waals surface area contributed by atoms with Crippen molar-refractivity contribution in [3.05, 3.63) is 151 Å². The van der Waals surface area contributed by atoms with Gasteiger partial charge >= 0.3 is 0 Å². The minimum absolute atomic E-state index is 0.197. The fourth-order valence-corrected chi connectivity index (χ4v) is 20.1. The standard InChI is InChI=1S/C54H74N2O5S2Si2/c1-44(2)39-41-56(63(58,59)47-37-35-45(36-38-47)42-60-64(53(6,7)8,48-27-16-12-17-28-48)49-29-18-13-19-30-49)46(26-24-25-40-55-62(57)52(3,4)5)43-61-65(54(9,10)11,50-31-20-14-21-32-50)51-33-22-15-23-34-51/h12-23,27-38,40,44,46H,24-26,39,41-43H2,1-11H3/b55-40+/t46-,62-/m0/s1. The second-order valence-corrected chi connectivity index (χ2v) is 33.0. The highest BCUT2D eigenvalue weighted by Gasteiger charge is 2.52. The molecule has 0 amide bonds. The van der Waals surface area contributed by atoms with Gasteiger partial charge in [-0.3, -0.25) is 0 Å². The molecule has 0 saturated heterocycles. The van der Waals surface area contributed by atoms with Crippen LogP contribution in [0, 0.1) is 5.92 Å². The zero-order chi connectivity index (χ0) is 47.5.